The summed E-state index contributed by atoms with van der Waals surface area (Å²) in [7, 11) is 0. The molecule has 0 aliphatic rings. The van der Waals surface area contributed by atoms with Crippen LogP contribution in [0.1, 0.15) is 21.6 Å². The number of aromatic nitrogens is 3. The topological polar surface area (TPSA) is 112 Å². The highest BCUT2D eigenvalue weighted by Gasteiger charge is 2.36. The molecular weight excluding hydrogens is 563 g/mol. The first kappa shape index (κ1) is 27.4. The number of hydrogen-bond donors (Lipinski definition) is 1. The number of ether oxygens (including phenoxy) is 1. The molecule has 12 heteroatoms. The normalized spacial score (nSPS) is 11.5. The third-order valence-electron chi connectivity index (χ3n) is 6.75. The first-order valence-electron chi connectivity index (χ1n) is 12.9. The van der Waals surface area contributed by atoms with Crippen molar-refractivity contribution in [3.05, 3.63) is 124 Å². The Labute approximate surface area is 241 Å². The van der Waals surface area contributed by atoms with E-state index in [2.05, 4.69) is 15.4 Å². The highest BCUT2D eigenvalue weighted by atomic mass is 19.4. The summed E-state index contributed by atoms with van der Waals surface area (Å²) >= 11 is 0. The smallest absolute Gasteiger partial charge is 0.433 e. The van der Waals surface area contributed by atoms with E-state index in [9.17, 15) is 28.1 Å². The molecule has 9 nitrogen and oxygen atoms in total. The van der Waals surface area contributed by atoms with Crippen molar-refractivity contribution < 1.29 is 27.6 Å². The van der Waals surface area contributed by atoms with Gasteiger partial charge in [0.05, 0.1) is 28.6 Å². The number of alkyl halides is 3. The van der Waals surface area contributed by atoms with Gasteiger partial charge in [0.2, 0.25) is 0 Å². The molecule has 0 bridgehead atoms. The molecule has 6 aromatic rings. The van der Waals surface area contributed by atoms with Crippen LogP contribution in [0.4, 0.5) is 24.5 Å². The second-order valence-corrected chi connectivity index (χ2v) is 9.64. The van der Waals surface area contributed by atoms with Crippen LogP contribution in [0.3, 0.4) is 0 Å². The van der Waals surface area contributed by atoms with Gasteiger partial charge in [-0.15, -0.1) is 0 Å². The molecule has 0 aliphatic heterocycles. The van der Waals surface area contributed by atoms with Gasteiger partial charge in [0, 0.05) is 17.7 Å². The Hall–Kier alpha value is -5.78. The van der Waals surface area contributed by atoms with Crippen molar-refractivity contribution in [1.29, 1.82) is 0 Å². The summed E-state index contributed by atoms with van der Waals surface area (Å²) < 4.78 is 49.0. The average Bonchev–Trinajstić information content (AvgIpc) is 3.41. The third-order valence-corrected chi connectivity index (χ3v) is 6.75. The van der Waals surface area contributed by atoms with Crippen LogP contribution in [0.25, 0.3) is 27.7 Å². The number of para-hydroxylation sites is 1. The Morgan fingerprint density at radius 3 is 2.49 bits per heavy atom. The highest BCUT2D eigenvalue weighted by molar-refractivity contribution is 6.08. The summed E-state index contributed by atoms with van der Waals surface area (Å²) in [6.07, 6.45) is -3.84. The summed E-state index contributed by atoms with van der Waals surface area (Å²) in [5.41, 5.74) is -0.882. The Balaban J connectivity index is 1.43. The number of nitrogens with one attached hydrogen (secondary N) is 1. The van der Waals surface area contributed by atoms with Crippen molar-refractivity contribution >= 4 is 33.7 Å². The Kier molecular flexibility index (Phi) is 6.73. The minimum atomic E-state index is -4.82. The predicted molar refractivity (Wildman–Crippen MR) is 153 cm³/mol. The monoisotopic (exact) mass is 583 g/mol. The maximum absolute atomic E-state index is 14.2. The minimum absolute atomic E-state index is 0.00422. The lowest BCUT2D eigenvalue weighted by Gasteiger charge is -2.13. The first-order chi connectivity index (χ1) is 20.6. The van der Waals surface area contributed by atoms with Gasteiger partial charge >= 0.3 is 6.18 Å². The van der Waals surface area contributed by atoms with Gasteiger partial charge in [-0.25, -0.2) is 9.50 Å². The molecule has 0 fully saturated rings. The number of hydrogen-bond acceptors (Lipinski definition) is 6. The van der Waals surface area contributed by atoms with Crippen molar-refractivity contribution in [3.63, 3.8) is 0 Å². The Bertz CT molecular complexity index is 2050. The van der Waals surface area contributed by atoms with Gasteiger partial charge in [0.25, 0.3) is 11.6 Å². The number of halogens is 3. The molecule has 1 amide bonds. The SMILES string of the molecule is Cc1ccccc1Oc1cc(NC(=O)c2cnn3c(C(F)(F)F)cc(-c4cccc5ccccc45)nc23)cc([N+](=O)[O-])c1. The Morgan fingerprint density at radius 2 is 1.72 bits per heavy atom. The zero-order valence-corrected chi connectivity index (χ0v) is 22.3. The molecule has 0 atom stereocenters. The van der Waals surface area contributed by atoms with Gasteiger partial charge in [0.1, 0.15) is 17.1 Å². The summed E-state index contributed by atoms with van der Waals surface area (Å²) in [6, 6.07) is 24.0. The van der Waals surface area contributed by atoms with E-state index in [1.165, 1.54) is 12.1 Å². The molecule has 0 saturated heterocycles. The van der Waals surface area contributed by atoms with Crippen molar-refractivity contribution in [3.8, 4) is 22.8 Å². The largest absolute Gasteiger partial charge is 0.457 e. The number of amides is 1. The number of aryl methyl sites for hydroxylation is 1. The summed E-state index contributed by atoms with van der Waals surface area (Å²) in [5, 5.41) is 19.4. The second-order valence-electron chi connectivity index (χ2n) is 9.64. The van der Waals surface area contributed by atoms with Crippen LogP contribution in [0, 0.1) is 17.0 Å². The number of fused-ring (bicyclic) bond motifs is 2. The van der Waals surface area contributed by atoms with Crippen molar-refractivity contribution in [2.45, 2.75) is 13.1 Å². The molecule has 6 rings (SSSR count). The van der Waals surface area contributed by atoms with Crippen LogP contribution in [-0.4, -0.2) is 25.4 Å². The van der Waals surface area contributed by atoms with Gasteiger partial charge in [-0.05, 0) is 35.4 Å². The van der Waals surface area contributed by atoms with Gasteiger partial charge in [-0.3, -0.25) is 14.9 Å². The van der Waals surface area contributed by atoms with Crippen molar-refractivity contribution in [2.75, 3.05) is 5.32 Å². The number of anilines is 1. The zero-order chi connectivity index (χ0) is 30.3. The molecule has 0 unspecified atom stereocenters. The summed E-state index contributed by atoms with van der Waals surface area (Å²) in [4.78, 5) is 28.8. The van der Waals surface area contributed by atoms with Crippen LogP contribution in [0.5, 0.6) is 11.5 Å². The van der Waals surface area contributed by atoms with E-state index in [1.54, 1.807) is 55.5 Å². The molecule has 2 heterocycles. The zero-order valence-electron chi connectivity index (χ0n) is 22.3. The molecule has 4 aromatic carbocycles. The number of nitro groups is 1. The molecule has 214 valence electrons. The third kappa shape index (κ3) is 5.33. The van der Waals surface area contributed by atoms with Crippen LogP contribution in [0.15, 0.2) is 97.2 Å². The van der Waals surface area contributed by atoms with Crippen molar-refractivity contribution in [1.82, 2.24) is 14.6 Å². The maximum Gasteiger partial charge on any atom is 0.433 e. The molecule has 43 heavy (non-hydrogen) atoms. The van der Waals surface area contributed by atoms with Gasteiger partial charge in [0.15, 0.2) is 11.3 Å². The summed E-state index contributed by atoms with van der Waals surface area (Å²) in [6.45, 7) is 1.80. The van der Waals surface area contributed by atoms with Gasteiger partial charge < -0.3 is 10.1 Å². The fraction of sp³-hybridized carbons (Fsp3) is 0.0645. The standard InChI is InChI=1S/C31H20F3N5O4/c1-18-7-2-5-12-27(18)43-22-14-20(13-21(15-22)39(41)42)36-30(40)25-17-35-38-28(31(32,33)34)16-26(37-29(25)38)24-11-6-9-19-8-3-4-10-23(19)24/h2-17H,1H3,(H,36,40). The van der Waals surface area contributed by atoms with E-state index >= 15 is 0 Å². The lowest BCUT2D eigenvalue weighted by atomic mass is 10.0. The lowest BCUT2D eigenvalue weighted by molar-refractivity contribution is -0.384. The molecule has 0 saturated carbocycles. The van der Waals surface area contributed by atoms with E-state index in [4.69, 9.17) is 4.74 Å². The highest BCUT2D eigenvalue weighted by Crippen LogP contribution is 2.36. The van der Waals surface area contributed by atoms with Crippen molar-refractivity contribution in [2.24, 2.45) is 0 Å². The molecule has 2 aromatic heterocycles. The lowest BCUT2D eigenvalue weighted by Crippen LogP contribution is -2.16. The number of rotatable bonds is 6. The average molecular weight is 584 g/mol. The molecule has 1 N–H and O–H groups in total. The fourth-order valence-corrected chi connectivity index (χ4v) is 4.73. The number of nitrogens with zero attached hydrogens (tertiary/aromatic N) is 4. The van der Waals surface area contributed by atoms with Crippen LogP contribution >= 0.6 is 0 Å². The molecule has 0 aliphatic carbocycles. The summed E-state index contributed by atoms with van der Waals surface area (Å²) in [5.74, 6) is -0.338. The number of carbonyl (C=O) groups excluding carboxylic acids is 1. The van der Waals surface area contributed by atoms with Gasteiger partial charge in [-0.2, -0.15) is 18.3 Å². The van der Waals surface area contributed by atoms with E-state index < -0.39 is 22.7 Å². The maximum atomic E-state index is 14.2. The number of benzene rings is 4. The second kappa shape index (κ2) is 10.6. The molecule has 0 spiro atoms. The first-order valence-corrected chi connectivity index (χ1v) is 12.9. The number of non-ortho nitro benzene ring substituents is 1. The fourth-order valence-electron chi connectivity index (χ4n) is 4.73. The minimum Gasteiger partial charge on any atom is -0.457 e. The molecular formula is C31H20F3N5O4. The van der Waals surface area contributed by atoms with E-state index in [0.717, 1.165) is 29.3 Å². The number of nitro benzene ring substituents is 1. The van der Waals surface area contributed by atoms with E-state index in [1.807, 2.05) is 18.2 Å². The van der Waals surface area contributed by atoms with Crippen LogP contribution < -0.4 is 10.1 Å². The van der Waals surface area contributed by atoms with Crippen LogP contribution in [0.2, 0.25) is 0 Å². The van der Waals surface area contributed by atoms with E-state index in [0.29, 0.717) is 21.2 Å². The number of carbonyl (C=O) groups is 1. The van der Waals surface area contributed by atoms with Gasteiger partial charge in [-0.1, -0.05) is 60.7 Å². The van der Waals surface area contributed by atoms with E-state index in [-0.39, 0.29) is 34.0 Å². The molecule has 0 radical (unpaired) electrons. The quantitative estimate of drug-likeness (QED) is 0.158. The Morgan fingerprint density at radius 1 is 0.977 bits per heavy atom. The predicted octanol–water partition coefficient (Wildman–Crippen LogP) is 7.83. The van der Waals surface area contributed by atoms with Crippen LogP contribution in [-0.2, 0) is 6.18 Å².